The molecule has 0 bridgehead atoms. The summed E-state index contributed by atoms with van der Waals surface area (Å²) in [6.45, 7) is 6.11. The smallest absolute Gasteiger partial charge is 0.322 e. The Balaban J connectivity index is 1.49. The van der Waals surface area contributed by atoms with Gasteiger partial charge in [-0.3, -0.25) is 0 Å². The maximum atomic E-state index is 13.2. The molecule has 1 aromatic heterocycles. The highest BCUT2D eigenvalue weighted by Crippen LogP contribution is 2.21. The first-order chi connectivity index (χ1) is 14.7. The molecule has 4 rings (SSSR count). The SMILES string of the molecule is Cc1cccc(CN(Cc2ccco2)C(=O)Nc2cccc(N3CCOCC3)c2)c1. The number of hydrogen-bond donors (Lipinski definition) is 1. The molecule has 0 radical (unpaired) electrons. The van der Waals surface area contributed by atoms with E-state index in [4.69, 9.17) is 9.15 Å². The van der Waals surface area contributed by atoms with Crippen LogP contribution in [-0.2, 0) is 17.8 Å². The molecule has 0 saturated carbocycles. The number of rotatable bonds is 6. The number of anilines is 2. The Morgan fingerprint density at radius 1 is 1.03 bits per heavy atom. The van der Waals surface area contributed by atoms with E-state index in [-0.39, 0.29) is 6.03 Å². The maximum absolute atomic E-state index is 13.2. The molecule has 2 aromatic carbocycles. The van der Waals surface area contributed by atoms with Crippen LogP contribution in [0.1, 0.15) is 16.9 Å². The molecular formula is C24H27N3O3. The number of aryl methyl sites for hydroxylation is 1. The number of benzene rings is 2. The minimum absolute atomic E-state index is 0.160. The largest absolute Gasteiger partial charge is 0.467 e. The van der Waals surface area contributed by atoms with Gasteiger partial charge < -0.3 is 24.3 Å². The van der Waals surface area contributed by atoms with E-state index in [9.17, 15) is 4.79 Å². The van der Waals surface area contributed by atoms with Gasteiger partial charge in [0.1, 0.15) is 5.76 Å². The zero-order chi connectivity index (χ0) is 20.8. The van der Waals surface area contributed by atoms with Gasteiger partial charge in [-0.05, 0) is 42.8 Å². The van der Waals surface area contributed by atoms with Crippen molar-refractivity contribution in [2.75, 3.05) is 36.5 Å². The summed E-state index contributed by atoms with van der Waals surface area (Å²) < 4.78 is 10.9. The summed E-state index contributed by atoms with van der Waals surface area (Å²) in [5.41, 5.74) is 4.12. The molecule has 3 aromatic rings. The van der Waals surface area contributed by atoms with Crippen molar-refractivity contribution in [3.8, 4) is 0 Å². The van der Waals surface area contributed by atoms with Crippen LogP contribution in [0.5, 0.6) is 0 Å². The monoisotopic (exact) mass is 405 g/mol. The molecular weight excluding hydrogens is 378 g/mol. The van der Waals surface area contributed by atoms with Crippen molar-refractivity contribution < 1.29 is 13.9 Å². The van der Waals surface area contributed by atoms with Crippen LogP contribution in [0.25, 0.3) is 0 Å². The second-order valence-corrected chi connectivity index (χ2v) is 7.50. The summed E-state index contributed by atoms with van der Waals surface area (Å²) in [5, 5.41) is 3.06. The second-order valence-electron chi connectivity index (χ2n) is 7.50. The van der Waals surface area contributed by atoms with Crippen LogP contribution in [0, 0.1) is 6.92 Å². The summed E-state index contributed by atoms with van der Waals surface area (Å²) in [7, 11) is 0. The lowest BCUT2D eigenvalue weighted by molar-refractivity contribution is 0.122. The topological polar surface area (TPSA) is 58.0 Å². The molecule has 2 amide bonds. The lowest BCUT2D eigenvalue weighted by Gasteiger charge is -2.29. The van der Waals surface area contributed by atoms with Crippen molar-refractivity contribution in [1.29, 1.82) is 0 Å². The van der Waals surface area contributed by atoms with Gasteiger partial charge in [0.25, 0.3) is 0 Å². The number of nitrogens with one attached hydrogen (secondary N) is 1. The highest BCUT2D eigenvalue weighted by atomic mass is 16.5. The molecule has 0 spiro atoms. The van der Waals surface area contributed by atoms with Gasteiger partial charge in [0.2, 0.25) is 0 Å². The number of morpholine rings is 1. The fourth-order valence-corrected chi connectivity index (χ4v) is 3.63. The summed E-state index contributed by atoms with van der Waals surface area (Å²) in [5.74, 6) is 0.750. The molecule has 1 aliphatic heterocycles. The number of carbonyl (C=O) groups excluding carboxylic acids is 1. The zero-order valence-electron chi connectivity index (χ0n) is 17.2. The molecule has 1 fully saturated rings. The van der Waals surface area contributed by atoms with Crippen molar-refractivity contribution in [3.63, 3.8) is 0 Å². The Bertz CT molecular complexity index is 965. The number of nitrogens with zero attached hydrogens (tertiary/aromatic N) is 2. The van der Waals surface area contributed by atoms with E-state index in [0.717, 1.165) is 49.0 Å². The summed E-state index contributed by atoms with van der Waals surface area (Å²) in [6.07, 6.45) is 1.63. The van der Waals surface area contributed by atoms with Crippen LogP contribution in [0.3, 0.4) is 0 Å². The third kappa shape index (κ3) is 5.21. The van der Waals surface area contributed by atoms with Crippen LogP contribution >= 0.6 is 0 Å². The Labute approximate surface area is 177 Å². The molecule has 0 unspecified atom stereocenters. The third-order valence-corrected chi connectivity index (χ3v) is 5.14. The highest BCUT2D eigenvalue weighted by Gasteiger charge is 2.17. The maximum Gasteiger partial charge on any atom is 0.322 e. The number of urea groups is 1. The van der Waals surface area contributed by atoms with Crippen LogP contribution in [0.4, 0.5) is 16.2 Å². The van der Waals surface area contributed by atoms with E-state index in [0.29, 0.717) is 13.1 Å². The van der Waals surface area contributed by atoms with Crippen LogP contribution in [0.15, 0.2) is 71.3 Å². The van der Waals surface area contributed by atoms with Crippen LogP contribution in [-0.4, -0.2) is 37.2 Å². The highest BCUT2D eigenvalue weighted by molar-refractivity contribution is 5.89. The van der Waals surface area contributed by atoms with E-state index in [1.54, 1.807) is 11.2 Å². The average molecular weight is 405 g/mol. The Morgan fingerprint density at radius 3 is 2.63 bits per heavy atom. The van der Waals surface area contributed by atoms with Gasteiger partial charge >= 0.3 is 6.03 Å². The first-order valence-electron chi connectivity index (χ1n) is 10.2. The fraction of sp³-hybridized carbons (Fsp3) is 0.292. The quantitative estimate of drug-likeness (QED) is 0.648. The van der Waals surface area contributed by atoms with Gasteiger partial charge in [-0.25, -0.2) is 4.79 Å². The molecule has 2 heterocycles. The Hall–Kier alpha value is -3.25. The third-order valence-electron chi connectivity index (χ3n) is 5.14. The number of amides is 2. The first-order valence-corrected chi connectivity index (χ1v) is 10.2. The minimum Gasteiger partial charge on any atom is -0.467 e. The van der Waals surface area contributed by atoms with Crippen molar-refractivity contribution in [1.82, 2.24) is 4.90 Å². The normalized spacial score (nSPS) is 13.8. The van der Waals surface area contributed by atoms with E-state index >= 15 is 0 Å². The molecule has 6 nitrogen and oxygen atoms in total. The van der Waals surface area contributed by atoms with E-state index in [1.807, 2.05) is 42.5 Å². The zero-order valence-corrected chi connectivity index (χ0v) is 17.2. The average Bonchev–Trinajstić information content (AvgIpc) is 3.27. The molecule has 6 heteroatoms. The van der Waals surface area contributed by atoms with Crippen molar-refractivity contribution in [2.24, 2.45) is 0 Å². The van der Waals surface area contributed by atoms with Crippen molar-refractivity contribution in [3.05, 3.63) is 83.8 Å². The van der Waals surface area contributed by atoms with Gasteiger partial charge in [-0.1, -0.05) is 35.9 Å². The molecule has 0 aliphatic carbocycles. The molecule has 1 aliphatic rings. The van der Waals surface area contributed by atoms with Gasteiger partial charge in [-0.15, -0.1) is 0 Å². The number of furan rings is 1. The lowest BCUT2D eigenvalue weighted by Crippen LogP contribution is -2.36. The van der Waals surface area contributed by atoms with E-state index < -0.39 is 0 Å². The Kier molecular flexibility index (Phi) is 6.35. The van der Waals surface area contributed by atoms with Gasteiger partial charge in [0.05, 0.1) is 26.0 Å². The van der Waals surface area contributed by atoms with Gasteiger partial charge in [-0.2, -0.15) is 0 Å². The van der Waals surface area contributed by atoms with Crippen LogP contribution in [0.2, 0.25) is 0 Å². The first kappa shape index (κ1) is 20.0. The van der Waals surface area contributed by atoms with Gasteiger partial charge in [0.15, 0.2) is 0 Å². The number of carbonyl (C=O) groups is 1. The van der Waals surface area contributed by atoms with Crippen molar-refractivity contribution >= 4 is 17.4 Å². The predicted molar refractivity (Wildman–Crippen MR) is 118 cm³/mol. The molecule has 1 N–H and O–H groups in total. The Morgan fingerprint density at radius 2 is 1.87 bits per heavy atom. The van der Waals surface area contributed by atoms with E-state index in [2.05, 4.69) is 35.3 Å². The number of hydrogen-bond acceptors (Lipinski definition) is 4. The predicted octanol–water partition coefficient (Wildman–Crippen LogP) is 4.66. The van der Waals surface area contributed by atoms with Gasteiger partial charge in [0, 0.05) is 31.0 Å². The molecule has 0 atom stereocenters. The van der Waals surface area contributed by atoms with Crippen LogP contribution < -0.4 is 10.2 Å². The van der Waals surface area contributed by atoms with E-state index in [1.165, 1.54) is 5.56 Å². The molecule has 1 saturated heterocycles. The summed E-state index contributed by atoms with van der Waals surface area (Å²) >= 11 is 0. The standard InChI is InChI=1S/C24H27N3O3/c1-19-5-2-6-20(15-19)17-27(18-23-9-4-12-30-23)24(28)25-21-7-3-8-22(16-21)26-10-13-29-14-11-26/h2-9,12,15-16H,10-11,13-14,17-18H2,1H3,(H,25,28). The summed E-state index contributed by atoms with van der Waals surface area (Å²) in [4.78, 5) is 17.2. The lowest BCUT2D eigenvalue weighted by atomic mass is 10.1. The van der Waals surface area contributed by atoms with Crippen molar-refractivity contribution in [2.45, 2.75) is 20.0 Å². The molecule has 30 heavy (non-hydrogen) atoms. The molecule has 156 valence electrons. The minimum atomic E-state index is -0.160. The number of ether oxygens (including phenoxy) is 1. The second kappa shape index (κ2) is 9.50. The fourth-order valence-electron chi connectivity index (χ4n) is 3.63. The summed E-state index contributed by atoms with van der Waals surface area (Å²) in [6, 6.07) is 19.7.